The van der Waals surface area contributed by atoms with E-state index >= 15 is 0 Å². The average molecular weight is 880 g/mol. The number of nitrogens with zero attached hydrogens (tertiary/aromatic N) is 1. The summed E-state index contributed by atoms with van der Waals surface area (Å²) in [4.78, 5) is 2.50. The van der Waals surface area contributed by atoms with Crippen LogP contribution < -0.4 is 14.4 Å². The molecule has 0 fully saturated rings. The Morgan fingerprint density at radius 3 is 1.29 bits per heavy atom. The second-order valence-electron chi connectivity index (χ2n) is 18.6. The van der Waals surface area contributed by atoms with Gasteiger partial charge in [-0.3, -0.25) is 0 Å². The summed E-state index contributed by atoms with van der Waals surface area (Å²) >= 11 is 0. The van der Waals surface area contributed by atoms with Crippen LogP contribution >= 0.6 is 0 Å². The van der Waals surface area contributed by atoms with E-state index in [9.17, 15) is 0 Å². The zero-order valence-electron chi connectivity index (χ0n) is 37.4. The first kappa shape index (κ1) is 38.2. The van der Waals surface area contributed by atoms with Crippen molar-refractivity contribution in [2.24, 2.45) is 0 Å². The number of rotatable bonds is 4. The van der Waals surface area contributed by atoms with Gasteiger partial charge in [0.25, 0.3) is 0 Å². The molecule has 0 unspecified atom stereocenters. The van der Waals surface area contributed by atoms with Crippen molar-refractivity contribution in [2.75, 3.05) is 4.90 Å². The predicted octanol–water partition coefficient (Wildman–Crippen LogP) is 16.9. The standard InChI is InChI=1S/C66H41NO2/c1-2-18-42(19-3-1)43-34-36-44(37-35-43)67(45-38-39-48-46-20-6-8-24-52(46)65(58(48)40-45)54-26-10-14-30-60(54)68-61-31-15-11-27-55(61)65)59-41-51-47-21-7-9-25-53(47)66(64(51)50-23-5-4-22-49(50)59)56-28-12-16-32-62(56)69-63-33-17-13-29-57(63)66/h1-41H. The van der Waals surface area contributed by atoms with E-state index in [2.05, 4.69) is 254 Å². The Labute approximate surface area is 400 Å². The number of ether oxygens (including phenoxy) is 2. The van der Waals surface area contributed by atoms with Gasteiger partial charge in [-0.1, -0.05) is 194 Å². The second-order valence-corrected chi connectivity index (χ2v) is 18.6. The molecule has 0 atom stereocenters. The fourth-order valence-corrected chi connectivity index (χ4v) is 12.7. The minimum Gasteiger partial charge on any atom is -0.457 e. The Bertz CT molecular complexity index is 3830. The molecule has 2 aliphatic carbocycles. The molecule has 0 N–H and O–H groups in total. The third kappa shape index (κ3) is 5.06. The molecule has 0 amide bonds. The topological polar surface area (TPSA) is 21.7 Å². The van der Waals surface area contributed by atoms with Crippen molar-refractivity contribution in [2.45, 2.75) is 10.8 Å². The molecule has 11 aromatic carbocycles. The van der Waals surface area contributed by atoms with Crippen LogP contribution in [0.3, 0.4) is 0 Å². The molecule has 2 aliphatic heterocycles. The van der Waals surface area contributed by atoms with Crippen LogP contribution in [-0.2, 0) is 10.8 Å². The molecule has 69 heavy (non-hydrogen) atoms. The van der Waals surface area contributed by atoms with Crippen molar-refractivity contribution in [1.82, 2.24) is 0 Å². The van der Waals surface area contributed by atoms with E-state index < -0.39 is 10.8 Å². The van der Waals surface area contributed by atoms with Gasteiger partial charge in [-0.05, 0) is 116 Å². The number of hydrogen-bond acceptors (Lipinski definition) is 3. The molecule has 0 saturated carbocycles. The zero-order valence-corrected chi connectivity index (χ0v) is 37.4. The van der Waals surface area contributed by atoms with Crippen LogP contribution in [0.25, 0.3) is 44.2 Å². The molecule has 0 saturated heterocycles. The van der Waals surface area contributed by atoms with Crippen molar-refractivity contribution in [3.05, 3.63) is 293 Å². The fourth-order valence-electron chi connectivity index (χ4n) is 12.7. The van der Waals surface area contributed by atoms with Crippen LogP contribution in [0.5, 0.6) is 23.0 Å². The van der Waals surface area contributed by atoms with Crippen molar-refractivity contribution >= 4 is 27.8 Å². The first-order chi connectivity index (χ1) is 34.2. The van der Waals surface area contributed by atoms with E-state index in [-0.39, 0.29) is 0 Å². The van der Waals surface area contributed by atoms with Gasteiger partial charge in [-0.15, -0.1) is 0 Å². The lowest BCUT2D eigenvalue weighted by Crippen LogP contribution is -2.32. The van der Waals surface area contributed by atoms with Gasteiger partial charge in [0.1, 0.15) is 23.0 Å². The molecular weight excluding hydrogens is 839 g/mol. The Hall–Kier alpha value is -8.92. The number of benzene rings is 11. The molecule has 15 rings (SSSR count). The molecule has 3 nitrogen and oxygen atoms in total. The van der Waals surface area contributed by atoms with Gasteiger partial charge in [0.2, 0.25) is 0 Å². The van der Waals surface area contributed by atoms with E-state index in [4.69, 9.17) is 9.47 Å². The largest absolute Gasteiger partial charge is 0.457 e. The fraction of sp³-hybridized carbons (Fsp3) is 0.0303. The van der Waals surface area contributed by atoms with Crippen LogP contribution in [0.1, 0.15) is 44.5 Å². The first-order valence-corrected chi connectivity index (χ1v) is 23.8. The summed E-state index contributed by atoms with van der Waals surface area (Å²) < 4.78 is 13.5. The summed E-state index contributed by atoms with van der Waals surface area (Å²) in [5, 5.41) is 2.37. The smallest absolute Gasteiger partial charge is 0.132 e. The van der Waals surface area contributed by atoms with Crippen molar-refractivity contribution in [3.8, 4) is 56.4 Å². The molecule has 0 radical (unpaired) electrons. The van der Waals surface area contributed by atoms with Crippen LogP contribution in [0.15, 0.2) is 249 Å². The van der Waals surface area contributed by atoms with Gasteiger partial charge in [0, 0.05) is 39.0 Å². The van der Waals surface area contributed by atoms with Crippen molar-refractivity contribution in [3.63, 3.8) is 0 Å². The summed E-state index contributed by atoms with van der Waals surface area (Å²) in [6.07, 6.45) is 0. The van der Waals surface area contributed by atoms with E-state index in [1.807, 2.05) is 0 Å². The lowest BCUT2D eigenvalue weighted by atomic mass is 9.65. The van der Waals surface area contributed by atoms with Crippen molar-refractivity contribution in [1.29, 1.82) is 0 Å². The van der Waals surface area contributed by atoms with E-state index in [0.717, 1.165) is 67.7 Å². The first-order valence-electron chi connectivity index (χ1n) is 23.8. The Kier molecular flexibility index (Phi) is 7.92. The Morgan fingerprint density at radius 2 is 0.696 bits per heavy atom. The zero-order chi connectivity index (χ0) is 45.3. The van der Waals surface area contributed by atoms with Crippen LogP contribution in [0.2, 0.25) is 0 Å². The maximum atomic E-state index is 6.76. The van der Waals surface area contributed by atoms with E-state index in [0.29, 0.717) is 0 Å². The minimum absolute atomic E-state index is 0.618. The SMILES string of the molecule is c1ccc(-c2ccc(N(c3ccc4c(c3)C3(c5ccccc5Oc5ccccc53)c3ccccc3-4)c3cc4c(c5ccccc35)C3(c5ccccc5Oc5ccccc53)c3ccccc3-4)cc2)cc1. The number of hydrogen-bond donors (Lipinski definition) is 0. The molecule has 3 heteroatoms. The highest BCUT2D eigenvalue weighted by Gasteiger charge is 2.53. The predicted molar refractivity (Wildman–Crippen MR) is 279 cm³/mol. The van der Waals surface area contributed by atoms with Crippen molar-refractivity contribution < 1.29 is 9.47 Å². The van der Waals surface area contributed by atoms with Gasteiger partial charge in [-0.2, -0.15) is 0 Å². The van der Waals surface area contributed by atoms with Gasteiger partial charge < -0.3 is 14.4 Å². The van der Waals surface area contributed by atoms with Gasteiger partial charge in [0.15, 0.2) is 0 Å². The molecular formula is C66H41NO2. The highest BCUT2D eigenvalue weighted by atomic mass is 16.5. The second kappa shape index (κ2) is 14.3. The summed E-state index contributed by atoms with van der Waals surface area (Å²) in [5.41, 5.74) is 18.9. The third-order valence-corrected chi connectivity index (χ3v) is 15.4. The van der Waals surface area contributed by atoms with E-state index in [1.165, 1.54) is 61.0 Å². The summed E-state index contributed by atoms with van der Waals surface area (Å²) in [6.45, 7) is 0. The van der Waals surface area contributed by atoms with Gasteiger partial charge in [0.05, 0.1) is 16.5 Å². The van der Waals surface area contributed by atoms with Gasteiger partial charge in [-0.25, -0.2) is 0 Å². The maximum Gasteiger partial charge on any atom is 0.132 e. The molecule has 322 valence electrons. The number of anilines is 3. The Morgan fingerprint density at radius 1 is 0.275 bits per heavy atom. The minimum atomic E-state index is -0.620. The van der Waals surface area contributed by atoms with Crippen LogP contribution in [0, 0.1) is 0 Å². The molecule has 0 aromatic heterocycles. The molecule has 0 bridgehead atoms. The third-order valence-electron chi connectivity index (χ3n) is 15.4. The van der Waals surface area contributed by atoms with Crippen LogP contribution in [0.4, 0.5) is 17.1 Å². The normalized spacial score (nSPS) is 14.3. The monoisotopic (exact) mass is 879 g/mol. The summed E-state index contributed by atoms with van der Waals surface area (Å²) in [7, 11) is 0. The van der Waals surface area contributed by atoms with E-state index in [1.54, 1.807) is 0 Å². The van der Waals surface area contributed by atoms with Crippen LogP contribution in [-0.4, -0.2) is 0 Å². The highest BCUT2D eigenvalue weighted by Crippen LogP contribution is 2.66. The lowest BCUT2D eigenvalue weighted by molar-refractivity contribution is 0.436. The Balaban J connectivity index is 1.04. The molecule has 4 aliphatic rings. The molecule has 2 spiro atoms. The average Bonchev–Trinajstić information content (AvgIpc) is 3.87. The maximum absolute atomic E-state index is 6.76. The number of para-hydroxylation sites is 4. The summed E-state index contributed by atoms with van der Waals surface area (Å²) in [6, 6.07) is 91.0. The number of fused-ring (bicyclic) bond motifs is 20. The highest BCUT2D eigenvalue weighted by molar-refractivity contribution is 6.09. The lowest BCUT2D eigenvalue weighted by Gasteiger charge is -2.40. The summed E-state index contributed by atoms with van der Waals surface area (Å²) in [5.74, 6) is 3.53. The quantitative estimate of drug-likeness (QED) is 0.176. The molecule has 2 heterocycles. The van der Waals surface area contributed by atoms with Gasteiger partial charge >= 0.3 is 0 Å². The molecule has 11 aromatic rings.